The van der Waals surface area contributed by atoms with Gasteiger partial charge in [-0.25, -0.2) is 4.98 Å². The fourth-order valence-electron chi connectivity index (χ4n) is 0.928. The van der Waals surface area contributed by atoms with Gasteiger partial charge in [-0.2, -0.15) is 11.3 Å². The van der Waals surface area contributed by atoms with Crippen LogP contribution in [0.5, 0.6) is 0 Å². The number of rotatable bonds is 1. The van der Waals surface area contributed by atoms with Crippen molar-refractivity contribution in [2.45, 2.75) is 0 Å². The van der Waals surface area contributed by atoms with E-state index >= 15 is 0 Å². The van der Waals surface area contributed by atoms with E-state index in [1.54, 1.807) is 17.5 Å². The van der Waals surface area contributed by atoms with Gasteiger partial charge in [0.1, 0.15) is 0 Å². The van der Waals surface area contributed by atoms with E-state index in [0.29, 0.717) is 5.95 Å². The van der Waals surface area contributed by atoms with E-state index in [2.05, 4.69) is 4.98 Å². The highest BCUT2D eigenvalue weighted by Gasteiger charge is 1.98. The Kier molecular flexibility index (Phi) is 1.40. The predicted octanol–water partition coefficient (Wildman–Crippen LogP) is 1.52. The number of nitrogens with two attached hydrogens (primary N) is 1. The van der Waals surface area contributed by atoms with Crippen LogP contribution in [0.25, 0.3) is 5.69 Å². The summed E-state index contributed by atoms with van der Waals surface area (Å²) in [5.74, 6) is 0.531. The Labute approximate surface area is 68.1 Å². The molecule has 0 radical (unpaired) electrons. The van der Waals surface area contributed by atoms with E-state index in [1.165, 1.54) is 0 Å². The number of hydrogen-bond donors (Lipinski definition) is 1. The van der Waals surface area contributed by atoms with Crippen molar-refractivity contribution >= 4 is 17.3 Å². The van der Waals surface area contributed by atoms with Gasteiger partial charge in [0.2, 0.25) is 5.95 Å². The molecule has 0 aliphatic carbocycles. The second-order valence-electron chi connectivity index (χ2n) is 2.14. The first-order chi connectivity index (χ1) is 5.38. The number of imidazole rings is 1. The molecule has 0 aliphatic rings. The van der Waals surface area contributed by atoms with Gasteiger partial charge in [-0.1, -0.05) is 0 Å². The van der Waals surface area contributed by atoms with Crippen molar-refractivity contribution in [1.82, 2.24) is 9.55 Å². The normalized spacial score (nSPS) is 10.2. The van der Waals surface area contributed by atoms with Crippen molar-refractivity contribution < 1.29 is 0 Å². The van der Waals surface area contributed by atoms with Crippen LogP contribution in [0.1, 0.15) is 0 Å². The lowest BCUT2D eigenvalue weighted by atomic mass is 10.5. The fraction of sp³-hybridized carbons (Fsp3) is 0. The molecule has 2 aromatic rings. The van der Waals surface area contributed by atoms with Gasteiger partial charge in [0.05, 0.1) is 5.69 Å². The monoisotopic (exact) mass is 165 g/mol. The summed E-state index contributed by atoms with van der Waals surface area (Å²) in [5.41, 5.74) is 6.66. The summed E-state index contributed by atoms with van der Waals surface area (Å²) >= 11 is 1.64. The van der Waals surface area contributed by atoms with Gasteiger partial charge in [0.25, 0.3) is 0 Å². The number of hydrogen-bond acceptors (Lipinski definition) is 3. The second-order valence-corrected chi connectivity index (χ2v) is 2.92. The summed E-state index contributed by atoms with van der Waals surface area (Å²) in [4.78, 5) is 3.92. The van der Waals surface area contributed by atoms with Gasteiger partial charge in [0.15, 0.2) is 0 Å². The largest absolute Gasteiger partial charge is 0.369 e. The highest BCUT2D eigenvalue weighted by Crippen LogP contribution is 2.14. The quantitative estimate of drug-likeness (QED) is 0.696. The van der Waals surface area contributed by atoms with Gasteiger partial charge in [0, 0.05) is 17.8 Å². The molecule has 2 rings (SSSR count). The van der Waals surface area contributed by atoms with Crippen LogP contribution in [0.15, 0.2) is 29.2 Å². The van der Waals surface area contributed by atoms with E-state index in [1.807, 2.05) is 27.6 Å². The van der Waals surface area contributed by atoms with Crippen LogP contribution in [-0.4, -0.2) is 9.55 Å². The first kappa shape index (κ1) is 6.42. The molecule has 0 saturated carbocycles. The van der Waals surface area contributed by atoms with Crippen LogP contribution in [0.4, 0.5) is 5.95 Å². The minimum absolute atomic E-state index is 0.531. The van der Waals surface area contributed by atoms with E-state index in [4.69, 9.17) is 5.73 Å². The molecule has 0 bridgehead atoms. The Balaban J connectivity index is 2.53. The van der Waals surface area contributed by atoms with Crippen LogP contribution in [0.3, 0.4) is 0 Å². The molecule has 0 amide bonds. The van der Waals surface area contributed by atoms with Crippen molar-refractivity contribution in [3.8, 4) is 5.69 Å². The third kappa shape index (κ3) is 1.01. The Morgan fingerprint density at radius 3 is 3.00 bits per heavy atom. The Morgan fingerprint density at radius 1 is 1.55 bits per heavy atom. The third-order valence-electron chi connectivity index (χ3n) is 1.45. The molecular weight excluding hydrogens is 158 g/mol. The standard InChI is InChI=1S/C7H7N3S/c8-7-9-2-3-10(7)6-1-4-11-5-6/h1-5H,(H2,8,9). The van der Waals surface area contributed by atoms with Crippen molar-refractivity contribution in [3.05, 3.63) is 29.2 Å². The molecule has 3 nitrogen and oxygen atoms in total. The summed E-state index contributed by atoms with van der Waals surface area (Å²) < 4.78 is 1.84. The highest BCUT2D eigenvalue weighted by molar-refractivity contribution is 7.08. The minimum atomic E-state index is 0.531. The maximum absolute atomic E-state index is 5.59. The zero-order valence-electron chi connectivity index (χ0n) is 5.77. The molecule has 2 aromatic heterocycles. The zero-order valence-corrected chi connectivity index (χ0v) is 6.58. The van der Waals surface area contributed by atoms with Crippen molar-refractivity contribution in [3.63, 3.8) is 0 Å². The molecule has 56 valence electrons. The lowest BCUT2D eigenvalue weighted by Crippen LogP contribution is -1.97. The second kappa shape index (κ2) is 2.39. The van der Waals surface area contributed by atoms with Crippen molar-refractivity contribution in [2.24, 2.45) is 0 Å². The van der Waals surface area contributed by atoms with Gasteiger partial charge < -0.3 is 5.73 Å². The fourth-order valence-corrected chi connectivity index (χ4v) is 1.56. The molecule has 0 aliphatic heterocycles. The molecular formula is C7H7N3S. The number of thiophene rings is 1. The molecule has 0 fully saturated rings. The zero-order chi connectivity index (χ0) is 7.68. The van der Waals surface area contributed by atoms with Crippen LogP contribution < -0.4 is 5.73 Å². The van der Waals surface area contributed by atoms with Crippen molar-refractivity contribution in [2.75, 3.05) is 5.73 Å². The van der Waals surface area contributed by atoms with Crippen LogP contribution in [0.2, 0.25) is 0 Å². The van der Waals surface area contributed by atoms with Gasteiger partial charge in [-0.05, 0) is 11.4 Å². The van der Waals surface area contributed by atoms with Gasteiger partial charge in [-0.3, -0.25) is 4.57 Å². The van der Waals surface area contributed by atoms with E-state index < -0.39 is 0 Å². The molecule has 0 spiro atoms. The van der Waals surface area contributed by atoms with Crippen LogP contribution in [0, 0.1) is 0 Å². The van der Waals surface area contributed by atoms with Crippen LogP contribution >= 0.6 is 11.3 Å². The third-order valence-corrected chi connectivity index (χ3v) is 2.12. The molecule has 0 aromatic carbocycles. The molecule has 0 unspecified atom stereocenters. The van der Waals surface area contributed by atoms with Crippen LogP contribution in [-0.2, 0) is 0 Å². The lowest BCUT2D eigenvalue weighted by Gasteiger charge is -1.98. The van der Waals surface area contributed by atoms with E-state index in [0.717, 1.165) is 5.69 Å². The average Bonchev–Trinajstić information content (AvgIpc) is 2.55. The minimum Gasteiger partial charge on any atom is -0.369 e. The van der Waals surface area contributed by atoms with Gasteiger partial charge in [-0.15, -0.1) is 0 Å². The summed E-state index contributed by atoms with van der Waals surface area (Å²) in [6.07, 6.45) is 3.53. The Bertz CT molecular complexity index is 336. The highest BCUT2D eigenvalue weighted by atomic mass is 32.1. The summed E-state index contributed by atoms with van der Waals surface area (Å²) in [6, 6.07) is 2.00. The first-order valence-electron chi connectivity index (χ1n) is 3.19. The van der Waals surface area contributed by atoms with E-state index in [-0.39, 0.29) is 0 Å². The smallest absolute Gasteiger partial charge is 0.204 e. The summed E-state index contributed by atoms with van der Waals surface area (Å²) in [5, 5.41) is 4.03. The number of anilines is 1. The Morgan fingerprint density at radius 2 is 2.45 bits per heavy atom. The summed E-state index contributed by atoms with van der Waals surface area (Å²) in [7, 11) is 0. The van der Waals surface area contributed by atoms with E-state index in [9.17, 15) is 0 Å². The molecule has 0 saturated heterocycles. The lowest BCUT2D eigenvalue weighted by molar-refractivity contribution is 1.08. The van der Waals surface area contributed by atoms with Gasteiger partial charge >= 0.3 is 0 Å². The number of nitrogen functional groups attached to an aromatic ring is 1. The average molecular weight is 165 g/mol. The molecule has 4 heteroatoms. The predicted molar refractivity (Wildman–Crippen MR) is 45.9 cm³/mol. The molecule has 0 atom stereocenters. The first-order valence-corrected chi connectivity index (χ1v) is 4.13. The summed E-state index contributed by atoms with van der Waals surface area (Å²) in [6.45, 7) is 0. The number of nitrogens with zero attached hydrogens (tertiary/aromatic N) is 2. The molecule has 2 N–H and O–H groups in total. The van der Waals surface area contributed by atoms with Crippen molar-refractivity contribution in [1.29, 1.82) is 0 Å². The molecule has 2 heterocycles. The maximum Gasteiger partial charge on any atom is 0.204 e. The molecule has 11 heavy (non-hydrogen) atoms. The number of aromatic nitrogens is 2. The topological polar surface area (TPSA) is 43.8 Å². The Hall–Kier alpha value is -1.29. The maximum atomic E-state index is 5.59. The SMILES string of the molecule is Nc1nccn1-c1ccsc1.